The molecular formula is C13H19N3O2. The van der Waals surface area contributed by atoms with Crippen LogP contribution in [0.3, 0.4) is 0 Å². The standard InChI is InChI=1S/C13H19N3O2/c1-14-12-3-6-15-9-11(12)13(17)16(2)10-4-7-18-8-5-10/h3,6,9-10H,4-5,7-8H2,1-2H3,(H,14,15). The Morgan fingerprint density at radius 3 is 2.89 bits per heavy atom. The van der Waals surface area contributed by atoms with Gasteiger partial charge in [-0.3, -0.25) is 9.78 Å². The van der Waals surface area contributed by atoms with Crippen molar-refractivity contribution in [1.82, 2.24) is 9.88 Å². The summed E-state index contributed by atoms with van der Waals surface area (Å²) >= 11 is 0. The lowest BCUT2D eigenvalue weighted by Gasteiger charge is -2.31. The number of ether oxygens (including phenoxy) is 1. The molecule has 18 heavy (non-hydrogen) atoms. The third-order valence-corrected chi connectivity index (χ3v) is 3.38. The molecule has 0 aromatic carbocycles. The number of pyridine rings is 1. The summed E-state index contributed by atoms with van der Waals surface area (Å²) in [6, 6.07) is 2.07. The zero-order valence-corrected chi connectivity index (χ0v) is 10.8. The van der Waals surface area contributed by atoms with Crippen molar-refractivity contribution in [3.8, 4) is 0 Å². The molecule has 0 saturated carbocycles. The van der Waals surface area contributed by atoms with Gasteiger partial charge < -0.3 is 15.0 Å². The SMILES string of the molecule is CNc1ccncc1C(=O)N(C)C1CCOCC1. The van der Waals surface area contributed by atoms with Crippen LogP contribution in [0.1, 0.15) is 23.2 Å². The Hall–Kier alpha value is -1.62. The first kappa shape index (κ1) is 12.8. The molecule has 98 valence electrons. The Labute approximate surface area is 107 Å². The molecule has 2 rings (SSSR count). The van der Waals surface area contributed by atoms with Crippen LogP contribution in [-0.2, 0) is 4.74 Å². The van der Waals surface area contributed by atoms with Crippen LogP contribution in [-0.4, -0.2) is 49.1 Å². The van der Waals surface area contributed by atoms with E-state index in [-0.39, 0.29) is 11.9 Å². The van der Waals surface area contributed by atoms with Gasteiger partial charge in [0, 0.05) is 51.4 Å². The molecule has 5 nitrogen and oxygen atoms in total. The molecule has 0 aliphatic carbocycles. The zero-order chi connectivity index (χ0) is 13.0. The Morgan fingerprint density at radius 1 is 1.50 bits per heavy atom. The van der Waals surface area contributed by atoms with E-state index in [2.05, 4.69) is 10.3 Å². The molecular weight excluding hydrogens is 230 g/mol. The molecule has 1 aromatic heterocycles. The van der Waals surface area contributed by atoms with Crippen LogP contribution in [0, 0.1) is 0 Å². The molecule has 1 amide bonds. The highest BCUT2D eigenvalue weighted by molar-refractivity contribution is 5.99. The fraction of sp³-hybridized carbons (Fsp3) is 0.538. The van der Waals surface area contributed by atoms with Gasteiger partial charge in [0.25, 0.3) is 5.91 Å². The van der Waals surface area contributed by atoms with E-state index >= 15 is 0 Å². The highest BCUT2D eigenvalue weighted by Crippen LogP contribution is 2.19. The van der Waals surface area contributed by atoms with Crippen LogP contribution in [0.5, 0.6) is 0 Å². The quantitative estimate of drug-likeness (QED) is 0.879. The van der Waals surface area contributed by atoms with E-state index in [1.807, 2.05) is 13.1 Å². The number of rotatable bonds is 3. The summed E-state index contributed by atoms with van der Waals surface area (Å²) in [4.78, 5) is 18.3. The monoisotopic (exact) mass is 249 g/mol. The second kappa shape index (κ2) is 5.82. The maximum Gasteiger partial charge on any atom is 0.257 e. The third-order valence-electron chi connectivity index (χ3n) is 3.38. The topological polar surface area (TPSA) is 54.5 Å². The summed E-state index contributed by atoms with van der Waals surface area (Å²) in [5.41, 5.74) is 1.43. The average molecular weight is 249 g/mol. The van der Waals surface area contributed by atoms with E-state index in [0.29, 0.717) is 5.56 Å². The van der Waals surface area contributed by atoms with Crippen LogP contribution >= 0.6 is 0 Å². The summed E-state index contributed by atoms with van der Waals surface area (Å²) in [5.74, 6) is 0.0133. The molecule has 1 aliphatic rings. The summed E-state index contributed by atoms with van der Waals surface area (Å²) in [6.07, 6.45) is 5.09. The fourth-order valence-electron chi connectivity index (χ4n) is 2.21. The van der Waals surface area contributed by atoms with Gasteiger partial charge in [-0.15, -0.1) is 0 Å². The Balaban J connectivity index is 2.14. The van der Waals surface area contributed by atoms with Crippen molar-refractivity contribution < 1.29 is 9.53 Å². The van der Waals surface area contributed by atoms with Crippen molar-refractivity contribution in [2.24, 2.45) is 0 Å². The minimum atomic E-state index is 0.0133. The van der Waals surface area contributed by atoms with Crippen molar-refractivity contribution in [1.29, 1.82) is 0 Å². The highest BCUT2D eigenvalue weighted by Gasteiger charge is 2.24. The van der Waals surface area contributed by atoms with Crippen molar-refractivity contribution in [2.45, 2.75) is 18.9 Å². The van der Waals surface area contributed by atoms with E-state index < -0.39 is 0 Å². The second-order valence-electron chi connectivity index (χ2n) is 4.43. The summed E-state index contributed by atoms with van der Waals surface area (Å²) in [6.45, 7) is 1.46. The van der Waals surface area contributed by atoms with E-state index in [4.69, 9.17) is 4.74 Å². The predicted molar refractivity (Wildman–Crippen MR) is 69.7 cm³/mol. The normalized spacial score (nSPS) is 16.3. The van der Waals surface area contributed by atoms with Gasteiger partial charge in [0.2, 0.25) is 0 Å². The van der Waals surface area contributed by atoms with Gasteiger partial charge in [-0.1, -0.05) is 0 Å². The second-order valence-corrected chi connectivity index (χ2v) is 4.43. The zero-order valence-electron chi connectivity index (χ0n) is 10.8. The minimum absolute atomic E-state index is 0.0133. The lowest BCUT2D eigenvalue weighted by atomic mass is 10.1. The van der Waals surface area contributed by atoms with Gasteiger partial charge >= 0.3 is 0 Å². The first-order valence-corrected chi connectivity index (χ1v) is 6.20. The maximum atomic E-state index is 12.4. The van der Waals surface area contributed by atoms with Gasteiger partial charge in [-0.2, -0.15) is 0 Å². The molecule has 1 N–H and O–H groups in total. The van der Waals surface area contributed by atoms with E-state index in [9.17, 15) is 4.79 Å². The van der Waals surface area contributed by atoms with Crippen molar-refractivity contribution in [3.63, 3.8) is 0 Å². The molecule has 1 saturated heterocycles. The fourth-order valence-corrected chi connectivity index (χ4v) is 2.21. The highest BCUT2D eigenvalue weighted by atomic mass is 16.5. The Kier molecular flexibility index (Phi) is 4.15. The molecule has 2 heterocycles. The number of amides is 1. The number of nitrogens with zero attached hydrogens (tertiary/aromatic N) is 2. The average Bonchev–Trinajstić information content (AvgIpc) is 2.46. The van der Waals surface area contributed by atoms with Crippen LogP contribution in [0.2, 0.25) is 0 Å². The molecule has 0 unspecified atom stereocenters. The van der Waals surface area contributed by atoms with Crippen LogP contribution in [0.4, 0.5) is 5.69 Å². The largest absolute Gasteiger partial charge is 0.387 e. The Morgan fingerprint density at radius 2 is 2.22 bits per heavy atom. The van der Waals surface area contributed by atoms with E-state index in [1.165, 1.54) is 0 Å². The first-order valence-electron chi connectivity index (χ1n) is 6.20. The molecule has 1 aromatic rings. The van der Waals surface area contributed by atoms with Crippen molar-refractivity contribution in [2.75, 3.05) is 32.6 Å². The molecule has 0 bridgehead atoms. The first-order chi connectivity index (χ1) is 8.74. The number of aromatic nitrogens is 1. The molecule has 5 heteroatoms. The molecule has 0 spiro atoms. The van der Waals surface area contributed by atoms with E-state index in [1.54, 1.807) is 24.3 Å². The van der Waals surface area contributed by atoms with Gasteiger partial charge in [-0.25, -0.2) is 0 Å². The van der Waals surface area contributed by atoms with Crippen molar-refractivity contribution in [3.05, 3.63) is 24.0 Å². The van der Waals surface area contributed by atoms with Crippen LogP contribution in [0.25, 0.3) is 0 Å². The Bertz CT molecular complexity index is 416. The van der Waals surface area contributed by atoms with Gasteiger partial charge in [0.15, 0.2) is 0 Å². The number of hydrogen-bond acceptors (Lipinski definition) is 4. The van der Waals surface area contributed by atoms with Gasteiger partial charge in [0.1, 0.15) is 0 Å². The van der Waals surface area contributed by atoms with Crippen LogP contribution < -0.4 is 5.32 Å². The summed E-state index contributed by atoms with van der Waals surface area (Å²) in [7, 11) is 3.66. The van der Waals surface area contributed by atoms with Gasteiger partial charge in [0.05, 0.1) is 5.56 Å². The molecule has 1 fully saturated rings. The number of carbonyl (C=O) groups is 1. The third kappa shape index (κ3) is 2.61. The molecule has 1 aliphatic heterocycles. The number of nitrogens with one attached hydrogen (secondary N) is 1. The lowest BCUT2D eigenvalue weighted by Crippen LogP contribution is -2.40. The number of hydrogen-bond donors (Lipinski definition) is 1. The van der Waals surface area contributed by atoms with Gasteiger partial charge in [-0.05, 0) is 18.9 Å². The molecule has 0 radical (unpaired) electrons. The maximum absolute atomic E-state index is 12.4. The number of anilines is 1. The van der Waals surface area contributed by atoms with Crippen LogP contribution in [0.15, 0.2) is 18.5 Å². The summed E-state index contributed by atoms with van der Waals surface area (Å²) < 4.78 is 5.32. The number of carbonyl (C=O) groups excluding carboxylic acids is 1. The minimum Gasteiger partial charge on any atom is -0.387 e. The lowest BCUT2D eigenvalue weighted by molar-refractivity contribution is 0.0362. The smallest absolute Gasteiger partial charge is 0.257 e. The molecule has 0 atom stereocenters. The predicted octanol–water partition coefficient (Wildman–Crippen LogP) is 1.37. The van der Waals surface area contributed by atoms with E-state index in [0.717, 1.165) is 31.7 Å². The van der Waals surface area contributed by atoms with Crippen molar-refractivity contribution >= 4 is 11.6 Å². The summed E-state index contributed by atoms with van der Waals surface area (Å²) in [5, 5.41) is 3.02.